The van der Waals surface area contributed by atoms with Crippen LogP contribution in [0.25, 0.3) is 0 Å². The zero-order valence-corrected chi connectivity index (χ0v) is 14.1. The molecule has 9 nitrogen and oxygen atoms in total. The molecular weight excluding hydrogens is 310 g/mol. The summed E-state index contributed by atoms with van der Waals surface area (Å²) < 4.78 is 4.88. The molecule has 0 fully saturated rings. The zero-order chi connectivity index (χ0) is 17.1. The van der Waals surface area contributed by atoms with E-state index in [9.17, 15) is 9.59 Å². The Hall–Kier alpha value is -2.58. The average molecular weight is 333 g/mol. The van der Waals surface area contributed by atoms with Crippen LogP contribution in [0.4, 0.5) is 10.6 Å². The molecule has 0 aliphatic carbocycles. The SMILES string of the molecule is Cc1cc(NC(=O)NCCCn2nc3n(c2=O)CCCC3)n(C)n1. The van der Waals surface area contributed by atoms with Gasteiger partial charge in [0.1, 0.15) is 11.6 Å². The second kappa shape index (κ2) is 6.90. The molecule has 2 N–H and O–H groups in total. The van der Waals surface area contributed by atoms with Gasteiger partial charge in [0, 0.05) is 39.2 Å². The molecule has 0 saturated heterocycles. The van der Waals surface area contributed by atoms with E-state index in [0.29, 0.717) is 25.3 Å². The Labute approximate surface area is 139 Å². The van der Waals surface area contributed by atoms with Crippen LogP contribution in [0, 0.1) is 6.92 Å². The normalized spacial score (nSPS) is 13.6. The Morgan fingerprint density at radius 2 is 2.17 bits per heavy atom. The number of nitrogens with one attached hydrogen (secondary N) is 2. The molecule has 2 amide bonds. The molecule has 0 unspecified atom stereocenters. The molecule has 130 valence electrons. The highest BCUT2D eigenvalue weighted by Crippen LogP contribution is 2.09. The predicted octanol–water partition coefficient (Wildman–Crippen LogP) is 0.635. The summed E-state index contributed by atoms with van der Waals surface area (Å²) in [5.74, 6) is 1.52. The van der Waals surface area contributed by atoms with Gasteiger partial charge in [-0.15, -0.1) is 0 Å². The van der Waals surface area contributed by atoms with E-state index >= 15 is 0 Å². The van der Waals surface area contributed by atoms with Crippen molar-refractivity contribution < 1.29 is 4.79 Å². The smallest absolute Gasteiger partial charge is 0.338 e. The molecule has 0 bridgehead atoms. The van der Waals surface area contributed by atoms with Gasteiger partial charge in [0.2, 0.25) is 0 Å². The van der Waals surface area contributed by atoms with Gasteiger partial charge in [-0.3, -0.25) is 14.6 Å². The number of amides is 2. The summed E-state index contributed by atoms with van der Waals surface area (Å²) in [5, 5.41) is 14.1. The van der Waals surface area contributed by atoms with Crippen molar-refractivity contribution in [3.63, 3.8) is 0 Å². The second-order valence-electron chi connectivity index (χ2n) is 6.06. The van der Waals surface area contributed by atoms with Crippen molar-refractivity contribution in [1.29, 1.82) is 0 Å². The van der Waals surface area contributed by atoms with Crippen molar-refractivity contribution in [2.45, 2.75) is 45.7 Å². The largest absolute Gasteiger partial charge is 0.345 e. The standard InChI is InChI=1S/C15H23N7O2/c1-11-10-13(20(2)18-11)17-14(23)16-7-5-9-22-15(24)21-8-4-3-6-12(21)19-22/h10H,3-9H2,1-2H3,(H2,16,17,23). The number of rotatable bonds is 5. The number of aromatic nitrogens is 5. The van der Waals surface area contributed by atoms with Gasteiger partial charge in [-0.25, -0.2) is 14.3 Å². The van der Waals surface area contributed by atoms with Crippen molar-refractivity contribution in [3.8, 4) is 0 Å². The Kier molecular flexibility index (Phi) is 4.68. The van der Waals surface area contributed by atoms with Gasteiger partial charge in [0.25, 0.3) is 0 Å². The number of urea groups is 1. The summed E-state index contributed by atoms with van der Waals surface area (Å²) in [4.78, 5) is 24.0. The van der Waals surface area contributed by atoms with Crippen LogP contribution in [0.2, 0.25) is 0 Å². The van der Waals surface area contributed by atoms with E-state index in [0.717, 1.165) is 37.3 Å². The lowest BCUT2D eigenvalue weighted by molar-refractivity contribution is 0.251. The van der Waals surface area contributed by atoms with Crippen LogP contribution in [-0.2, 0) is 26.6 Å². The Bertz CT molecular complexity index is 786. The van der Waals surface area contributed by atoms with Crippen molar-refractivity contribution in [2.75, 3.05) is 11.9 Å². The third-order valence-electron chi connectivity index (χ3n) is 4.11. The van der Waals surface area contributed by atoms with Crippen molar-refractivity contribution in [1.82, 2.24) is 29.4 Å². The average Bonchev–Trinajstić information content (AvgIpc) is 3.04. The molecule has 9 heteroatoms. The summed E-state index contributed by atoms with van der Waals surface area (Å²) >= 11 is 0. The minimum absolute atomic E-state index is 0.0421. The minimum Gasteiger partial charge on any atom is -0.338 e. The van der Waals surface area contributed by atoms with Crippen LogP contribution >= 0.6 is 0 Å². The van der Waals surface area contributed by atoms with E-state index in [1.165, 1.54) is 4.68 Å². The first-order chi connectivity index (χ1) is 11.5. The van der Waals surface area contributed by atoms with Crippen molar-refractivity contribution in [3.05, 3.63) is 28.1 Å². The number of hydrogen-bond donors (Lipinski definition) is 2. The van der Waals surface area contributed by atoms with Gasteiger partial charge in [-0.05, 0) is 26.2 Å². The molecule has 0 atom stereocenters. The van der Waals surface area contributed by atoms with Crippen LogP contribution in [0.1, 0.15) is 30.8 Å². The topological polar surface area (TPSA) is 98.8 Å². The van der Waals surface area contributed by atoms with Crippen LogP contribution in [0.3, 0.4) is 0 Å². The van der Waals surface area contributed by atoms with Crippen LogP contribution in [0.5, 0.6) is 0 Å². The molecule has 0 spiro atoms. The maximum Gasteiger partial charge on any atom is 0.345 e. The van der Waals surface area contributed by atoms with Crippen LogP contribution < -0.4 is 16.3 Å². The lowest BCUT2D eigenvalue weighted by Crippen LogP contribution is -2.32. The number of aryl methyl sites for hydroxylation is 4. The molecule has 24 heavy (non-hydrogen) atoms. The molecule has 0 radical (unpaired) electrons. The van der Waals surface area contributed by atoms with E-state index in [-0.39, 0.29) is 11.7 Å². The van der Waals surface area contributed by atoms with Gasteiger partial charge in [-0.1, -0.05) is 0 Å². The number of fused-ring (bicyclic) bond motifs is 1. The summed E-state index contributed by atoms with van der Waals surface area (Å²) in [6, 6.07) is 1.52. The van der Waals surface area contributed by atoms with E-state index in [2.05, 4.69) is 20.8 Å². The van der Waals surface area contributed by atoms with E-state index in [1.807, 2.05) is 6.92 Å². The first-order valence-electron chi connectivity index (χ1n) is 8.26. The molecule has 1 aliphatic rings. The van der Waals surface area contributed by atoms with E-state index < -0.39 is 0 Å². The molecule has 2 aromatic rings. The monoisotopic (exact) mass is 333 g/mol. The molecule has 1 aliphatic heterocycles. The summed E-state index contributed by atoms with van der Waals surface area (Å²) in [6.07, 6.45) is 3.64. The summed E-state index contributed by atoms with van der Waals surface area (Å²) in [7, 11) is 1.77. The number of nitrogens with zero attached hydrogens (tertiary/aromatic N) is 5. The highest BCUT2D eigenvalue weighted by atomic mass is 16.2. The van der Waals surface area contributed by atoms with Gasteiger partial charge in [0.05, 0.1) is 5.69 Å². The quantitative estimate of drug-likeness (QED) is 0.784. The molecule has 0 saturated carbocycles. The maximum absolute atomic E-state index is 12.2. The fourth-order valence-corrected chi connectivity index (χ4v) is 2.91. The second-order valence-corrected chi connectivity index (χ2v) is 6.06. The highest BCUT2D eigenvalue weighted by Gasteiger charge is 2.16. The fraction of sp³-hybridized carbons (Fsp3) is 0.600. The Morgan fingerprint density at radius 1 is 1.33 bits per heavy atom. The third kappa shape index (κ3) is 3.50. The van der Waals surface area contributed by atoms with Gasteiger partial charge in [0.15, 0.2) is 0 Å². The fourth-order valence-electron chi connectivity index (χ4n) is 2.91. The number of carbonyl (C=O) groups excluding carboxylic acids is 1. The molecule has 3 rings (SSSR count). The van der Waals surface area contributed by atoms with E-state index in [1.54, 1.807) is 22.4 Å². The zero-order valence-electron chi connectivity index (χ0n) is 14.1. The maximum atomic E-state index is 12.2. The van der Waals surface area contributed by atoms with Gasteiger partial charge in [-0.2, -0.15) is 10.2 Å². The highest BCUT2D eigenvalue weighted by molar-refractivity contribution is 5.88. The molecule has 0 aromatic carbocycles. The predicted molar refractivity (Wildman–Crippen MR) is 89.0 cm³/mol. The first kappa shape index (κ1) is 16.3. The van der Waals surface area contributed by atoms with Gasteiger partial charge >= 0.3 is 11.7 Å². The minimum atomic E-state index is -0.283. The van der Waals surface area contributed by atoms with Crippen LogP contribution in [0.15, 0.2) is 10.9 Å². The molecular formula is C15H23N7O2. The lowest BCUT2D eigenvalue weighted by Gasteiger charge is -2.09. The summed E-state index contributed by atoms with van der Waals surface area (Å²) in [5.41, 5.74) is 0.801. The first-order valence-corrected chi connectivity index (χ1v) is 8.26. The van der Waals surface area contributed by atoms with Crippen molar-refractivity contribution in [2.24, 2.45) is 7.05 Å². The lowest BCUT2D eigenvalue weighted by atomic mass is 10.2. The summed E-state index contributed by atoms with van der Waals surface area (Å²) in [6.45, 7) is 3.60. The molecule has 2 aromatic heterocycles. The number of carbonyl (C=O) groups is 1. The van der Waals surface area contributed by atoms with Gasteiger partial charge < -0.3 is 5.32 Å². The van der Waals surface area contributed by atoms with E-state index in [4.69, 9.17) is 0 Å². The van der Waals surface area contributed by atoms with Crippen molar-refractivity contribution >= 4 is 11.8 Å². The molecule has 3 heterocycles. The Morgan fingerprint density at radius 3 is 2.88 bits per heavy atom. The number of hydrogen-bond acceptors (Lipinski definition) is 4. The number of anilines is 1. The van der Waals surface area contributed by atoms with Crippen LogP contribution in [-0.4, -0.2) is 36.7 Å². The third-order valence-corrected chi connectivity index (χ3v) is 4.11. The Balaban J connectivity index is 1.45.